The van der Waals surface area contributed by atoms with E-state index in [9.17, 15) is 4.79 Å². The molecular formula is C21H20N2OS. The molecule has 2 aromatic carbocycles. The van der Waals surface area contributed by atoms with Crippen LogP contribution in [0.15, 0.2) is 66.1 Å². The lowest BCUT2D eigenvalue weighted by atomic mass is 10.1. The number of hydrogen-bond donors (Lipinski definition) is 0. The summed E-state index contributed by atoms with van der Waals surface area (Å²) in [5, 5.41) is 2.94. The molecule has 3 aromatic rings. The van der Waals surface area contributed by atoms with Gasteiger partial charge in [0.25, 0.3) is 5.91 Å². The summed E-state index contributed by atoms with van der Waals surface area (Å²) < 4.78 is 0. The van der Waals surface area contributed by atoms with Crippen LogP contribution in [0.2, 0.25) is 0 Å². The van der Waals surface area contributed by atoms with Crippen LogP contribution in [0.3, 0.4) is 0 Å². The van der Waals surface area contributed by atoms with Gasteiger partial charge >= 0.3 is 0 Å². The zero-order chi connectivity index (χ0) is 17.6. The minimum Gasteiger partial charge on any atom is -0.304 e. The average molecular weight is 348 g/mol. The Labute approximate surface area is 152 Å². The Morgan fingerprint density at radius 3 is 2.60 bits per heavy atom. The van der Waals surface area contributed by atoms with Gasteiger partial charge in [-0.05, 0) is 43.2 Å². The number of aryl methyl sites for hydroxylation is 2. The van der Waals surface area contributed by atoms with E-state index in [4.69, 9.17) is 0 Å². The van der Waals surface area contributed by atoms with Gasteiger partial charge in [-0.25, -0.2) is 4.98 Å². The number of benzene rings is 2. The Hall–Kier alpha value is -2.72. The summed E-state index contributed by atoms with van der Waals surface area (Å²) in [6.07, 6.45) is 3.37. The third-order valence-corrected chi connectivity index (χ3v) is 4.59. The molecule has 0 spiro atoms. The van der Waals surface area contributed by atoms with Gasteiger partial charge in [-0.2, -0.15) is 0 Å². The molecule has 0 aliphatic rings. The van der Waals surface area contributed by atoms with Crippen LogP contribution in [0.5, 0.6) is 0 Å². The molecule has 126 valence electrons. The molecule has 0 unspecified atom stereocenters. The predicted molar refractivity (Wildman–Crippen MR) is 105 cm³/mol. The first-order chi connectivity index (χ1) is 12.1. The van der Waals surface area contributed by atoms with Gasteiger partial charge in [0.1, 0.15) is 0 Å². The summed E-state index contributed by atoms with van der Waals surface area (Å²) in [7, 11) is 0. The SMILES string of the molecule is Cc1cccc(N(Cc2ccccc2)C(=O)/C=C/c2csc(C)n2)c1. The molecule has 0 aliphatic heterocycles. The van der Waals surface area contributed by atoms with Crippen molar-refractivity contribution in [2.75, 3.05) is 4.90 Å². The molecule has 0 aliphatic carbocycles. The van der Waals surface area contributed by atoms with Crippen molar-refractivity contribution in [1.29, 1.82) is 0 Å². The second-order valence-electron chi connectivity index (χ2n) is 5.87. The number of carbonyl (C=O) groups is 1. The highest BCUT2D eigenvalue weighted by molar-refractivity contribution is 7.09. The molecule has 1 amide bonds. The lowest BCUT2D eigenvalue weighted by molar-refractivity contribution is -0.114. The average Bonchev–Trinajstić information content (AvgIpc) is 3.04. The molecule has 0 saturated carbocycles. The molecular weight excluding hydrogens is 328 g/mol. The Morgan fingerprint density at radius 1 is 1.12 bits per heavy atom. The molecule has 0 atom stereocenters. The number of hydrogen-bond acceptors (Lipinski definition) is 3. The number of thiazole rings is 1. The van der Waals surface area contributed by atoms with Crippen molar-refractivity contribution < 1.29 is 4.79 Å². The first kappa shape index (κ1) is 17.1. The summed E-state index contributed by atoms with van der Waals surface area (Å²) in [6.45, 7) is 4.52. The van der Waals surface area contributed by atoms with Gasteiger partial charge < -0.3 is 4.90 Å². The van der Waals surface area contributed by atoms with E-state index in [0.717, 1.165) is 27.5 Å². The van der Waals surface area contributed by atoms with Crippen molar-refractivity contribution in [3.8, 4) is 0 Å². The summed E-state index contributed by atoms with van der Waals surface area (Å²) >= 11 is 1.58. The Kier molecular flexibility index (Phi) is 5.41. The van der Waals surface area contributed by atoms with Gasteiger partial charge in [-0.15, -0.1) is 11.3 Å². The lowest BCUT2D eigenvalue weighted by Crippen LogP contribution is -2.28. The molecule has 3 nitrogen and oxygen atoms in total. The highest BCUT2D eigenvalue weighted by atomic mass is 32.1. The van der Waals surface area contributed by atoms with Crippen LogP contribution >= 0.6 is 11.3 Å². The largest absolute Gasteiger partial charge is 0.304 e. The molecule has 0 saturated heterocycles. The zero-order valence-electron chi connectivity index (χ0n) is 14.3. The fourth-order valence-electron chi connectivity index (χ4n) is 2.56. The Morgan fingerprint density at radius 2 is 1.92 bits per heavy atom. The second-order valence-corrected chi connectivity index (χ2v) is 6.94. The first-order valence-corrected chi connectivity index (χ1v) is 9.02. The molecule has 0 bridgehead atoms. The van der Waals surface area contributed by atoms with Gasteiger partial charge in [0.05, 0.1) is 17.2 Å². The van der Waals surface area contributed by atoms with Crippen LogP contribution in [-0.2, 0) is 11.3 Å². The fourth-order valence-corrected chi connectivity index (χ4v) is 3.14. The van der Waals surface area contributed by atoms with E-state index >= 15 is 0 Å². The van der Waals surface area contributed by atoms with Crippen LogP contribution in [0.4, 0.5) is 5.69 Å². The van der Waals surface area contributed by atoms with Crippen LogP contribution in [-0.4, -0.2) is 10.9 Å². The highest BCUT2D eigenvalue weighted by Crippen LogP contribution is 2.20. The van der Waals surface area contributed by atoms with E-state index in [0.29, 0.717) is 6.54 Å². The maximum Gasteiger partial charge on any atom is 0.251 e. The van der Waals surface area contributed by atoms with Gasteiger partial charge in [-0.1, -0.05) is 42.5 Å². The third-order valence-electron chi connectivity index (χ3n) is 3.80. The molecule has 0 N–H and O–H groups in total. The summed E-state index contributed by atoms with van der Waals surface area (Å²) in [5.41, 5.74) is 3.94. The Balaban J connectivity index is 1.87. The number of amides is 1. The van der Waals surface area contributed by atoms with Crippen molar-refractivity contribution in [2.24, 2.45) is 0 Å². The molecule has 0 radical (unpaired) electrons. The zero-order valence-corrected chi connectivity index (χ0v) is 15.2. The van der Waals surface area contributed by atoms with Crippen molar-refractivity contribution in [3.63, 3.8) is 0 Å². The molecule has 4 heteroatoms. The topological polar surface area (TPSA) is 33.2 Å². The second kappa shape index (κ2) is 7.90. The number of carbonyl (C=O) groups excluding carboxylic acids is 1. The van der Waals surface area contributed by atoms with E-state index in [1.165, 1.54) is 0 Å². The maximum absolute atomic E-state index is 12.9. The minimum absolute atomic E-state index is 0.0555. The van der Waals surface area contributed by atoms with Crippen molar-refractivity contribution in [3.05, 3.63) is 87.9 Å². The summed E-state index contributed by atoms with van der Waals surface area (Å²) in [6, 6.07) is 18.0. The quantitative estimate of drug-likeness (QED) is 0.608. The Bertz CT molecular complexity index is 884. The molecule has 3 rings (SSSR count). The number of aromatic nitrogens is 1. The third kappa shape index (κ3) is 4.64. The number of rotatable bonds is 5. The van der Waals surface area contributed by atoms with Crippen molar-refractivity contribution >= 4 is 29.0 Å². The molecule has 1 heterocycles. The van der Waals surface area contributed by atoms with Crippen LogP contribution in [0, 0.1) is 13.8 Å². The van der Waals surface area contributed by atoms with Gasteiger partial charge in [-0.3, -0.25) is 4.79 Å². The predicted octanol–water partition coefficient (Wildman–Crippen LogP) is 5.01. The number of nitrogens with zero attached hydrogens (tertiary/aromatic N) is 2. The van der Waals surface area contributed by atoms with E-state index in [2.05, 4.69) is 4.98 Å². The van der Waals surface area contributed by atoms with E-state index < -0.39 is 0 Å². The molecule has 25 heavy (non-hydrogen) atoms. The van der Waals surface area contributed by atoms with Gasteiger partial charge in [0.15, 0.2) is 0 Å². The normalized spacial score (nSPS) is 11.0. The number of anilines is 1. The van der Waals surface area contributed by atoms with E-state index in [-0.39, 0.29) is 5.91 Å². The standard InChI is InChI=1S/C21H20N2OS/c1-16-7-6-10-20(13-16)23(14-18-8-4-3-5-9-18)21(24)12-11-19-15-25-17(2)22-19/h3-13,15H,14H2,1-2H3/b12-11+. The maximum atomic E-state index is 12.9. The summed E-state index contributed by atoms with van der Waals surface area (Å²) in [5.74, 6) is -0.0555. The molecule has 1 aromatic heterocycles. The van der Waals surface area contributed by atoms with Gasteiger partial charge in [0.2, 0.25) is 0 Å². The van der Waals surface area contributed by atoms with Crippen LogP contribution in [0.1, 0.15) is 21.8 Å². The lowest BCUT2D eigenvalue weighted by Gasteiger charge is -2.22. The van der Waals surface area contributed by atoms with E-state index in [1.807, 2.05) is 73.8 Å². The summed E-state index contributed by atoms with van der Waals surface area (Å²) in [4.78, 5) is 19.0. The van der Waals surface area contributed by atoms with Crippen LogP contribution < -0.4 is 4.90 Å². The highest BCUT2D eigenvalue weighted by Gasteiger charge is 2.14. The molecule has 0 fully saturated rings. The smallest absolute Gasteiger partial charge is 0.251 e. The minimum atomic E-state index is -0.0555. The monoisotopic (exact) mass is 348 g/mol. The van der Waals surface area contributed by atoms with Crippen molar-refractivity contribution in [2.45, 2.75) is 20.4 Å². The van der Waals surface area contributed by atoms with Crippen molar-refractivity contribution in [1.82, 2.24) is 4.98 Å². The first-order valence-electron chi connectivity index (χ1n) is 8.14. The van der Waals surface area contributed by atoms with E-state index in [1.54, 1.807) is 28.4 Å². The fraction of sp³-hybridized carbons (Fsp3) is 0.143. The van der Waals surface area contributed by atoms with Gasteiger partial charge in [0, 0.05) is 17.1 Å². The van der Waals surface area contributed by atoms with Crippen LogP contribution in [0.25, 0.3) is 6.08 Å².